The summed E-state index contributed by atoms with van der Waals surface area (Å²) in [5.74, 6) is -0.348. The number of Topliss-reactive ketones (excluding diaryl/α,β-unsaturated/α-hetero) is 1. The highest BCUT2D eigenvalue weighted by atomic mass is 16.5. The molecular weight excluding hydrogens is 344 g/mol. The predicted molar refractivity (Wildman–Crippen MR) is 102 cm³/mol. The van der Waals surface area contributed by atoms with Crippen molar-refractivity contribution >= 4 is 11.7 Å². The summed E-state index contributed by atoms with van der Waals surface area (Å²) in [6, 6.07) is 10.9. The largest absolute Gasteiger partial charge is 0.378 e. The van der Waals surface area contributed by atoms with E-state index in [1.165, 1.54) is 17.7 Å². The number of benzene rings is 1. The van der Waals surface area contributed by atoms with Crippen LogP contribution in [0.4, 0.5) is 0 Å². The topological polar surface area (TPSA) is 77.4 Å². The van der Waals surface area contributed by atoms with Gasteiger partial charge < -0.3 is 14.6 Å². The Morgan fingerprint density at radius 2 is 2.00 bits per heavy atom. The first kappa shape index (κ1) is 19.0. The average molecular weight is 368 g/mol. The molecule has 2 aromatic rings. The standard InChI is InChI=1S/C21H24N2O4/c1-3-27-19-11-15(19)10-18(24)16-9-17(20(25)22-2)21(26)23(13-16)12-14-7-5-4-6-8-14/h4-9,13,15,19H,3,10-12H2,1-2H3,(H,22,25). The number of rotatable bonds is 8. The summed E-state index contributed by atoms with van der Waals surface area (Å²) in [6.07, 6.45) is 2.95. The fourth-order valence-corrected chi connectivity index (χ4v) is 3.19. The minimum Gasteiger partial charge on any atom is -0.378 e. The quantitative estimate of drug-likeness (QED) is 0.725. The molecule has 1 amide bonds. The van der Waals surface area contributed by atoms with Gasteiger partial charge in [-0.2, -0.15) is 0 Å². The van der Waals surface area contributed by atoms with E-state index < -0.39 is 11.5 Å². The van der Waals surface area contributed by atoms with Crippen LogP contribution in [0.25, 0.3) is 0 Å². The number of ketones is 1. The molecule has 27 heavy (non-hydrogen) atoms. The van der Waals surface area contributed by atoms with E-state index in [-0.39, 0.29) is 23.4 Å². The van der Waals surface area contributed by atoms with Crippen molar-refractivity contribution in [2.75, 3.05) is 13.7 Å². The first-order chi connectivity index (χ1) is 13.0. The molecule has 1 N–H and O–H groups in total. The first-order valence-corrected chi connectivity index (χ1v) is 9.18. The van der Waals surface area contributed by atoms with Crippen LogP contribution >= 0.6 is 0 Å². The lowest BCUT2D eigenvalue weighted by Crippen LogP contribution is -2.32. The number of carbonyl (C=O) groups is 2. The molecule has 0 bridgehead atoms. The van der Waals surface area contributed by atoms with E-state index in [0.717, 1.165) is 12.0 Å². The van der Waals surface area contributed by atoms with Crippen molar-refractivity contribution in [3.05, 3.63) is 69.6 Å². The smallest absolute Gasteiger partial charge is 0.263 e. The minimum absolute atomic E-state index is 0.0172. The van der Waals surface area contributed by atoms with Crippen LogP contribution in [0, 0.1) is 5.92 Å². The average Bonchev–Trinajstić information content (AvgIpc) is 3.41. The molecule has 1 aliphatic rings. The Kier molecular flexibility index (Phi) is 5.86. The molecule has 1 aromatic heterocycles. The fraction of sp³-hybridized carbons (Fsp3) is 0.381. The third kappa shape index (κ3) is 4.52. The van der Waals surface area contributed by atoms with Crippen LogP contribution in [0.1, 0.15) is 46.0 Å². The highest BCUT2D eigenvalue weighted by Gasteiger charge is 2.39. The number of nitrogens with one attached hydrogen (secondary N) is 1. The monoisotopic (exact) mass is 368 g/mol. The lowest BCUT2D eigenvalue weighted by atomic mass is 10.0. The Labute approximate surface area is 158 Å². The van der Waals surface area contributed by atoms with Crippen LogP contribution in [0.15, 0.2) is 47.4 Å². The number of carbonyl (C=O) groups excluding carboxylic acids is 2. The van der Waals surface area contributed by atoms with E-state index in [0.29, 0.717) is 25.1 Å². The van der Waals surface area contributed by atoms with Crippen LogP contribution in [-0.2, 0) is 11.3 Å². The normalized spacial score (nSPS) is 18.1. The highest BCUT2D eigenvalue weighted by Crippen LogP contribution is 2.37. The van der Waals surface area contributed by atoms with E-state index in [1.54, 1.807) is 6.20 Å². The Balaban J connectivity index is 1.89. The van der Waals surface area contributed by atoms with E-state index in [4.69, 9.17) is 4.74 Å². The number of nitrogens with zero attached hydrogens (tertiary/aromatic N) is 1. The van der Waals surface area contributed by atoms with Crippen molar-refractivity contribution in [2.45, 2.75) is 32.4 Å². The molecule has 0 saturated heterocycles. The zero-order valence-corrected chi connectivity index (χ0v) is 15.6. The third-order valence-corrected chi connectivity index (χ3v) is 4.76. The van der Waals surface area contributed by atoms with Crippen molar-refractivity contribution in [1.82, 2.24) is 9.88 Å². The molecular formula is C21H24N2O4. The summed E-state index contributed by atoms with van der Waals surface area (Å²) in [4.78, 5) is 37.5. The highest BCUT2D eigenvalue weighted by molar-refractivity contribution is 6.00. The van der Waals surface area contributed by atoms with Crippen molar-refractivity contribution in [1.29, 1.82) is 0 Å². The molecule has 1 aromatic carbocycles. The van der Waals surface area contributed by atoms with Crippen LogP contribution in [0.2, 0.25) is 0 Å². The van der Waals surface area contributed by atoms with Crippen molar-refractivity contribution < 1.29 is 14.3 Å². The summed E-state index contributed by atoms with van der Waals surface area (Å²) in [5.41, 5.74) is 0.877. The predicted octanol–water partition coefficient (Wildman–Crippen LogP) is 2.25. The lowest BCUT2D eigenvalue weighted by molar-refractivity contribution is 0.0931. The second kappa shape index (κ2) is 8.31. The van der Waals surface area contributed by atoms with Gasteiger partial charge >= 0.3 is 0 Å². The summed E-state index contributed by atoms with van der Waals surface area (Å²) in [7, 11) is 1.47. The van der Waals surface area contributed by atoms with Gasteiger partial charge in [-0.25, -0.2) is 0 Å². The Morgan fingerprint density at radius 1 is 1.26 bits per heavy atom. The van der Waals surface area contributed by atoms with Crippen LogP contribution < -0.4 is 10.9 Å². The molecule has 0 radical (unpaired) electrons. The summed E-state index contributed by atoms with van der Waals surface area (Å²) < 4.78 is 6.96. The minimum atomic E-state index is -0.491. The van der Waals surface area contributed by atoms with Crippen molar-refractivity contribution in [2.24, 2.45) is 5.92 Å². The van der Waals surface area contributed by atoms with Crippen LogP contribution in [0.5, 0.6) is 0 Å². The maximum absolute atomic E-state index is 12.7. The molecule has 142 valence electrons. The van der Waals surface area contributed by atoms with Gasteiger partial charge in [-0.1, -0.05) is 30.3 Å². The molecule has 3 rings (SSSR count). The van der Waals surface area contributed by atoms with Gasteiger partial charge in [-0.15, -0.1) is 0 Å². The number of hydrogen-bond donors (Lipinski definition) is 1. The molecule has 2 unspecified atom stereocenters. The van der Waals surface area contributed by atoms with Gasteiger partial charge in [0.05, 0.1) is 12.6 Å². The maximum atomic E-state index is 12.7. The molecule has 1 fully saturated rings. The zero-order chi connectivity index (χ0) is 19.4. The second-order valence-corrected chi connectivity index (χ2v) is 6.76. The van der Waals surface area contributed by atoms with Crippen LogP contribution in [0.3, 0.4) is 0 Å². The number of amides is 1. The first-order valence-electron chi connectivity index (χ1n) is 9.18. The van der Waals surface area contributed by atoms with E-state index in [1.807, 2.05) is 37.3 Å². The van der Waals surface area contributed by atoms with Gasteiger partial charge in [-0.3, -0.25) is 14.4 Å². The van der Waals surface area contributed by atoms with Crippen molar-refractivity contribution in [3.8, 4) is 0 Å². The molecule has 1 heterocycles. The number of pyridine rings is 1. The molecule has 6 nitrogen and oxygen atoms in total. The lowest BCUT2D eigenvalue weighted by Gasteiger charge is -2.11. The summed E-state index contributed by atoms with van der Waals surface area (Å²) in [5, 5.41) is 2.47. The van der Waals surface area contributed by atoms with Crippen molar-refractivity contribution in [3.63, 3.8) is 0 Å². The van der Waals surface area contributed by atoms with Gasteiger partial charge in [0.2, 0.25) is 0 Å². The third-order valence-electron chi connectivity index (χ3n) is 4.76. The zero-order valence-electron chi connectivity index (χ0n) is 15.6. The number of ether oxygens (including phenoxy) is 1. The molecule has 1 saturated carbocycles. The number of hydrogen-bond acceptors (Lipinski definition) is 4. The van der Waals surface area contributed by atoms with E-state index >= 15 is 0 Å². The molecule has 6 heteroatoms. The van der Waals surface area contributed by atoms with Gasteiger partial charge in [-0.05, 0) is 30.9 Å². The van der Waals surface area contributed by atoms with Crippen LogP contribution in [-0.4, -0.2) is 36.0 Å². The molecule has 0 spiro atoms. The second-order valence-electron chi connectivity index (χ2n) is 6.76. The Hall–Kier alpha value is -2.73. The van der Waals surface area contributed by atoms with Gasteiger partial charge in [0.15, 0.2) is 5.78 Å². The fourth-order valence-electron chi connectivity index (χ4n) is 3.19. The SMILES string of the molecule is CCOC1CC1CC(=O)c1cc(C(=O)NC)c(=O)n(Cc2ccccc2)c1. The molecule has 2 atom stereocenters. The van der Waals surface area contributed by atoms with Gasteiger partial charge in [0.25, 0.3) is 11.5 Å². The van der Waals surface area contributed by atoms with E-state index in [9.17, 15) is 14.4 Å². The summed E-state index contributed by atoms with van der Waals surface area (Å²) >= 11 is 0. The summed E-state index contributed by atoms with van der Waals surface area (Å²) in [6.45, 7) is 2.88. The van der Waals surface area contributed by atoms with Gasteiger partial charge in [0.1, 0.15) is 5.56 Å². The van der Waals surface area contributed by atoms with E-state index in [2.05, 4.69) is 5.32 Å². The number of aromatic nitrogens is 1. The Morgan fingerprint density at radius 3 is 2.67 bits per heavy atom. The molecule has 0 aliphatic heterocycles. The maximum Gasteiger partial charge on any atom is 0.263 e. The molecule has 1 aliphatic carbocycles. The Bertz CT molecular complexity index is 889. The van der Waals surface area contributed by atoms with Gasteiger partial charge in [0, 0.05) is 31.8 Å².